The highest BCUT2D eigenvalue weighted by Crippen LogP contribution is 2.26. The van der Waals surface area contributed by atoms with Gasteiger partial charge in [0.05, 0.1) is 18.9 Å². The van der Waals surface area contributed by atoms with Crippen molar-refractivity contribution in [3.05, 3.63) is 41.8 Å². The van der Waals surface area contributed by atoms with Gasteiger partial charge in [-0.3, -0.25) is 0 Å². The Morgan fingerprint density at radius 2 is 1.92 bits per heavy atom. The maximum atomic E-state index is 11.1. The normalized spacial score (nSPS) is 23.1. The van der Waals surface area contributed by atoms with Gasteiger partial charge >= 0.3 is 5.97 Å². The van der Waals surface area contributed by atoms with Crippen molar-refractivity contribution < 1.29 is 23.8 Å². The lowest BCUT2D eigenvalue weighted by Gasteiger charge is -2.34. The van der Waals surface area contributed by atoms with Crippen molar-refractivity contribution in [2.24, 2.45) is 5.92 Å². The van der Waals surface area contributed by atoms with Crippen LogP contribution in [0.4, 0.5) is 0 Å². The molecular weight excluding hydrogens is 334 g/mol. The molecule has 1 aliphatic rings. The molecule has 2 aromatic rings. The van der Waals surface area contributed by atoms with Gasteiger partial charge in [0.25, 0.3) is 5.79 Å². The molecule has 0 unspecified atom stereocenters. The number of carboxylic acids is 1. The Labute approximate surface area is 153 Å². The van der Waals surface area contributed by atoms with E-state index >= 15 is 0 Å². The largest absolute Gasteiger partial charge is 0.477 e. The lowest BCUT2D eigenvalue weighted by Crippen LogP contribution is -2.47. The molecule has 0 amide bonds. The maximum Gasteiger partial charge on any atom is 0.364 e. The van der Waals surface area contributed by atoms with Crippen LogP contribution in [0.25, 0.3) is 11.5 Å². The van der Waals surface area contributed by atoms with Crippen molar-refractivity contribution in [2.45, 2.75) is 45.3 Å². The zero-order valence-corrected chi connectivity index (χ0v) is 15.2. The van der Waals surface area contributed by atoms with Crippen LogP contribution < -0.4 is 0 Å². The summed E-state index contributed by atoms with van der Waals surface area (Å²) in [6, 6.07) is 9.89. The molecule has 1 saturated heterocycles. The molecule has 1 aromatic carbocycles. The molecule has 0 aliphatic carbocycles. The first-order valence-electron chi connectivity index (χ1n) is 9.01. The van der Waals surface area contributed by atoms with Gasteiger partial charge in [-0.25, -0.2) is 9.78 Å². The summed E-state index contributed by atoms with van der Waals surface area (Å²) >= 11 is 0. The number of nitrogens with zero attached hydrogens (tertiary/aromatic N) is 1. The van der Waals surface area contributed by atoms with E-state index in [1.54, 1.807) is 0 Å². The first-order chi connectivity index (χ1) is 12.5. The van der Waals surface area contributed by atoms with E-state index in [1.165, 1.54) is 6.92 Å². The number of hydrogen-bond acceptors (Lipinski definition) is 5. The van der Waals surface area contributed by atoms with Crippen LogP contribution in [0.1, 0.15) is 37.6 Å². The summed E-state index contributed by atoms with van der Waals surface area (Å²) in [6.45, 7) is 4.24. The lowest BCUT2D eigenvalue weighted by molar-refractivity contribution is -0.271. The zero-order chi connectivity index (χ0) is 18.6. The molecule has 6 heteroatoms. The van der Waals surface area contributed by atoms with Gasteiger partial charge in [-0.15, -0.1) is 0 Å². The van der Waals surface area contributed by atoms with Gasteiger partial charge in [0.2, 0.25) is 5.89 Å². The first-order valence-corrected chi connectivity index (χ1v) is 9.01. The Bertz CT molecular complexity index is 732. The number of ether oxygens (including phenoxy) is 2. The highest BCUT2D eigenvalue weighted by atomic mass is 16.7. The van der Waals surface area contributed by atoms with Crippen molar-refractivity contribution in [1.29, 1.82) is 0 Å². The predicted molar refractivity (Wildman–Crippen MR) is 95.7 cm³/mol. The highest BCUT2D eigenvalue weighted by Gasteiger charge is 2.40. The Morgan fingerprint density at radius 1 is 1.23 bits per heavy atom. The Hall–Kier alpha value is -2.18. The van der Waals surface area contributed by atoms with E-state index in [-0.39, 0.29) is 5.92 Å². The second-order valence-electron chi connectivity index (χ2n) is 6.87. The van der Waals surface area contributed by atoms with Gasteiger partial charge in [-0.2, -0.15) is 0 Å². The summed E-state index contributed by atoms with van der Waals surface area (Å²) in [6.07, 6.45) is 3.81. The number of hydrogen-bond donors (Lipinski definition) is 1. The van der Waals surface area contributed by atoms with Crippen molar-refractivity contribution in [1.82, 2.24) is 4.98 Å². The van der Waals surface area contributed by atoms with Gasteiger partial charge in [0.1, 0.15) is 5.76 Å². The Kier molecular flexibility index (Phi) is 5.74. The number of benzene rings is 1. The average Bonchev–Trinajstić information content (AvgIpc) is 3.02. The van der Waals surface area contributed by atoms with E-state index in [2.05, 4.69) is 4.98 Å². The van der Waals surface area contributed by atoms with Crippen molar-refractivity contribution in [2.75, 3.05) is 13.2 Å². The molecular formula is C20H25NO5. The van der Waals surface area contributed by atoms with E-state index < -0.39 is 11.8 Å². The fraction of sp³-hybridized carbons (Fsp3) is 0.500. The third-order valence-electron chi connectivity index (χ3n) is 4.77. The first kappa shape index (κ1) is 18.6. The topological polar surface area (TPSA) is 81.8 Å². The molecule has 26 heavy (non-hydrogen) atoms. The summed E-state index contributed by atoms with van der Waals surface area (Å²) in [5.74, 6) is -0.805. The monoisotopic (exact) mass is 359 g/mol. The minimum Gasteiger partial charge on any atom is -0.477 e. The fourth-order valence-corrected chi connectivity index (χ4v) is 3.02. The standard InChI is InChI=1S/C20H25NO5/c1-14-17(21-18(26-14)16-9-4-3-5-10-16)11-7-6-8-15-12-24-20(2,19(22)23)25-13-15/h3-5,9-10,15H,6-8,11-13H2,1-2H3,(H,22,23)/t15-,20-. The summed E-state index contributed by atoms with van der Waals surface area (Å²) < 4.78 is 16.5. The SMILES string of the molecule is Cc1oc(-c2ccccc2)nc1CCCC[C@H]1CO[C@](C)(C(=O)O)OC1. The zero-order valence-electron chi connectivity index (χ0n) is 15.2. The number of carbonyl (C=O) groups is 1. The summed E-state index contributed by atoms with van der Waals surface area (Å²) in [7, 11) is 0. The van der Waals surface area contributed by atoms with Gasteiger partial charge in [-0.1, -0.05) is 24.6 Å². The molecule has 2 heterocycles. The third kappa shape index (κ3) is 4.31. The summed E-state index contributed by atoms with van der Waals surface area (Å²) in [5.41, 5.74) is 1.98. The number of aryl methyl sites for hydroxylation is 2. The molecule has 0 bridgehead atoms. The molecule has 1 aliphatic heterocycles. The molecule has 0 spiro atoms. The van der Waals surface area contributed by atoms with Gasteiger partial charge in [0, 0.05) is 18.4 Å². The van der Waals surface area contributed by atoms with Crippen molar-refractivity contribution in [3.8, 4) is 11.5 Å². The number of aliphatic carboxylic acids is 1. The summed E-state index contributed by atoms with van der Waals surface area (Å²) in [4.78, 5) is 15.7. The van der Waals surface area contributed by atoms with E-state index in [0.29, 0.717) is 19.1 Å². The number of aromatic nitrogens is 1. The fourth-order valence-electron chi connectivity index (χ4n) is 3.02. The minimum atomic E-state index is -1.50. The molecule has 3 rings (SSSR count). The van der Waals surface area contributed by atoms with Gasteiger partial charge < -0.3 is 19.0 Å². The average molecular weight is 359 g/mol. The number of oxazole rings is 1. The van der Waals surface area contributed by atoms with Gasteiger partial charge in [0.15, 0.2) is 0 Å². The highest BCUT2D eigenvalue weighted by molar-refractivity contribution is 5.75. The van der Waals surface area contributed by atoms with Crippen LogP contribution in [0, 0.1) is 12.8 Å². The quantitative estimate of drug-likeness (QED) is 0.757. The van der Waals surface area contributed by atoms with E-state index in [4.69, 9.17) is 19.0 Å². The molecule has 0 atom stereocenters. The van der Waals surface area contributed by atoms with Crippen LogP contribution in [0.3, 0.4) is 0 Å². The van der Waals surface area contributed by atoms with Crippen LogP contribution in [-0.2, 0) is 20.7 Å². The Balaban J connectivity index is 1.43. The van der Waals surface area contributed by atoms with E-state index in [9.17, 15) is 4.79 Å². The number of unbranched alkanes of at least 4 members (excludes halogenated alkanes) is 1. The molecule has 1 fully saturated rings. The van der Waals surface area contributed by atoms with Crippen LogP contribution in [0.5, 0.6) is 0 Å². The van der Waals surface area contributed by atoms with Crippen LogP contribution >= 0.6 is 0 Å². The van der Waals surface area contributed by atoms with Crippen LogP contribution in [0.15, 0.2) is 34.7 Å². The molecule has 0 radical (unpaired) electrons. The third-order valence-corrected chi connectivity index (χ3v) is 4.77. The Morgan fingerprint density at radius 3 is 2.58 bits per heavy atom. The molecule has 1 N–H and O–H groups in total. The number of rotatable bonds is 7. The van der Waals surface area contributed by atoms with Crippen LogP contribution in [0.2, 0.25) is 0 Å². The van der Waals surface area contributed by atoms with E-state index in [0.717, 1.165) is 42.7 Å². The van der Waals surface area contributed by atoms with Crippen molar-refractivity contribution in [3.63, 3.8) is 0 Å². The number of carboxylic acid groups (broad SMARTS) is 1. The van der Waals surface area contributed by atoms with Crippen molar-refractivity contribution >= 4 is 5.97 Å². The predicted octanol–water partition coefficient (Wildman–Crippen LogP) is 3.83. The molecule has 1 aromatic heterocycles. The van der Waals surface area contributed by atoms with Crippen LogP contribution in [-0.4, -0.2) is 35.1 Å². The van der Waals surface area contributed by atoms with Gasteiger partial charge in [-0.05, 0) is 38.3 Å². The molecule has 140 valence electrons. The minimum absolute atomic E-state index is 0.237. The maximum absolute atomic E-state index is 11.1. The second-order valence-corrected chi connectivity index (χ2v) is 6.87. The second kappa shape index (κ2) is 8.01. The lowest BCUT2D eigenvalue weighted by atomic mass is 10.0. The smallest absolute Gasteiger partial charge is 0.364 e. The summed E-state index contributed by atoms with van der Waals surface area (Å²) in [5, 5.41) is 9.07. The molecule has 0 saturated carbocycles. The molecule has 6 nitrogen and oxygen atoms in total. The van der Waals surface area contributed by atoms with E-state index in [1.807, 2.05) is 37.3 Å².